The van der Waals surface area contributed by atoms with E-state index in [0.29, 0.717) is 24.1 Å². The summed E-state index contributed by atoms with van der Waals surface area (Å²) in [7, 11) is 0. The van der Waals surface area contributed by atoms with Crippen LogP contribution in [0.25, 0.3) is 0 Å². The van der Waals surface area contributed by atoms with Crippen molar-refractivity contribution < 1.29 is 9.53 Å². The number of ether oxygens (including phenoxy) is 1. The van der Waals surface area contributed by atoms with Crippen molar-refractivity contribution in [2.45, 2.75) is 31.5 Å². The molecule has 5 rings (SSSR count). The van der Waals surface area contributed by atoms with E-state index < -0.39 is 0 Å². The van der Waals surface area contributed by atoms with Crippen molar-refractivity contribution in [2.24, 2.45) is 0 Å². The molecule has 2 fully saturated rings. The topological polar surface area (TPSA) is 53.6 Å². The van der Waals surface area contributed by atoms with Crippen molar-refractivity contribution in [3.63, 3.8) is 0 Å². The molecule has 1 aliphatic heterocycles. The normalized spacial score (nSPS) is 19.8. The lowest BCUT2D eigenvalue weighted by Gasteiger charge is -2.28. The van der Waals surface area contributed by atoms with E-state index >= 15 is 0 Å². The van der Waals surface area contributed by atoms with Gasteiger partial charge in [-0.1, -0.05) is 54.6 Å². The first-order valence-corrected chi connectivity index (χ1v) is 11.8. The molecule has 0 spiro atoms. The van der Waals surface area contributed by atoms with E-state index in [9.17, 15) is 4.79 Å². The number of nitrogens with zero attached hydrogens (tertiary/aromatic N) is 1. The van der Waals surface area contributed by atoms with Gasteiger partial charge in [0.05, 0.1) is 13.2 Å². The molecular formula is C28H31N3O2. The van der Waals surface area contributed by atoms with Gasteiger partial charge in [-0.05, 0) is 47.4 Å². The molecule has 2 unspecified atom stereocenters. The number of hydrogen-bond acceptors (Lipinski definition) is 4. The van der Waals surface area contributed by atoms with Crippen molar-refractivity contribution in [3.8, 4) is 0 Å². The Hall–Kier alpha value is -3.15. The molecule has 3 aromatic carbocycles. The lowest BCUT2D eigenvalue weighted by molar-refractivity contribution is 0.0951. The van der Waals surface area contributed by atoms with Gasteiger partial charge < -0.3 is 20.3 Å². The number of carbonyl (C=O) groups excluding carboxylic acids is 1. The third kappa shape index (κ3) is 5.62. The summed E-state index contributed by atoms with van der Waals surface area (Å²) in [5, 5.41) is 6.67. The zero-order valence-electron chi connectivity index (χ0n) is 18.9. The van der Waals surface area contributed by atoms with Gasteiger partial charge in [0, 0.05) is 49.4 Å². The largest absolute Gasteiger partial charge is 0.378 e. The molecule has 1 amide bonds. The van der Waals surface area contributed by atoms with E-state index in [-0.39, 0.29) is 5.91 Å². The van der Waals surface area contributed by atoms with Crippen LogP contribution >= 0.6 is 0 Å². The first-order valence-electron chi connectivity index (χ1n) is 11.8. The number of morpholine rings is 1. The van der Waals surface area contributed by atoms with Gasteiger partial charge in [0.2, 0.25) is 0 Å². The summed E-state index contributed by atoms with van der Waals surface area (Å²) in [6.45, 7) is 4.98. The molecular weight excluding hydrogens is 410 g/mol. The Labute approximate surface area is 195 Å². The van der Waals surface area contributed by atoms with Gasteiger partial charge in [-0.25, -0.2) is 0 Å². The highest BCUT2D eigenvalue weighted by atomic mass is 16.5. The summed E-state index contributed by atoms with van der Waals surface area (Å²) in [5.74, 6) is 0.496. The van der Waals surface area contributed by atoms with Crippen LogP contribution in [0.2, 0.25) is 0 Å². The Kier molecular flexibility index (Phi) is 6.70. The number of rotatable bonds is 8. The van der Waals surface area contributed by atoms with Crippen LogP contribution in [-0.2, 0) is 17.8 Å². The second-order valence-electron chi connectivity index (χ2n) is 8.89. The van der Waals surface area contributed by atoms with E-state index in [1.54, 1.807) is 0 Å². The summed E-state index contributed by atoms with van der Waals surface area (Å²) in [6.07, 6.45) is 1.14. The van der Waals surface area contributed by atoms with Gasteiger partial charge in [0.1, 0.15) is 0 Å². The van der Waals surface area contributed by atoms with Crippen LogP contribution < -0.4 is 15.5 Å². The highest BCUT2D eigenvalue weighted by molar-refractivity contribution is 5.94. The first kappa shape index (κ1) is 21.7. The van der Waals surface area contributed by atoms with E-state index in [4.69, 9.17) is 4.74 Å². The van der Waals surface area contributed by atoms with Crippen molar-refractivity contribution >= 4 is 11.6 Å². The van der Waals surface area contributed by atoms with Gasteiger partial charge in [-0.2, -0.15) is 0 Å². The number of benzene rings is 3. The Morgan fingerprint density at radius 1 is 0.848 bits per heavy atom. The van der Waals surface area contributed by atoms with Crippen LogP contribution in [0.1, 0.15) is 39.4 Å². The van der Waals surface area contributed by atoms with E-state index in [2.05, 4.69) is 51.9 Å². The van der Waals surface area contributed by atoms with Crippen LogP contribution in [0.15, 0.2) is 78.9 Å². The molecule has 1 heterocycles. The van der Waals surface area contributed by atoms with Gasteiger partial charge >= 0.3 is 0 Å². The quantitative estimate of drug-likeness (QED) is 0.553. The zero-order chi connectivity index (χ0) is 22.5. The van der Waals surface area contributed by atoms with Crippen LogP contribution in [0, 0.1) is 0 Å². The summed E-state index contributed by atoms with van der Waals surface area (Å²) in [6, 6.07) is 27.4. The van der Waals surface area contributed by atoms with E-state index in [1.807, 2.05) is 42.5 Å². The number of anilines is 1. The Bertz CT molecular complexity index is 1040. The molecule has 0 radical (unpaired) electrons. The molecule has 3 aromatic rings. The molecule has 1 aliphatic carbocycles. The van der Waals surface area contributed by atoms with E-state index in [0.717, 1.165) is 44.8 Å². The summed E-state index contributed by atoms with van der Waals surface area (Å²) >= 11 is 0. The average Bonchev–Trinajstić information content (AvgIpc) is 3.67. The second kappa shape index (κ2) is 10.2. The van der Waals surface area contributed by atoms with Gasteiger partial charge in [0.25, 0.3) is 5.91 Å². The smallest absolute Gasteiger partial charge is 0.251 e. The minimum atomic E-state index is -0.0311. The maximum atomic E-state index is 12.4. The Morgan fingerprint density at radius 3 is 2.27 bits per heavy atom. The van der Waals surface area contributed by atoms with Crippen molar-refractivity contribution in [2.75, 3.05) is 31.2 Å². The van der Waals surface area contributed by atoms with Crippen LogP contribution in [0.4, 0.5) is 5.69 Å². The Balaban J connectivity index is 1.08. The number of amides is 1. The first-order chi connectivity index (χ1) is 16.3. The van der Waals surface area contributed by atoms with Gasteiger partial charge in [0.15, 0.2) is 0 Å². The molecule has 170 valence electrons. The number of carbonyl (C=O) groups is 1. The molecule has 1 saturated carbocycles. The lowest BCUT2D eigenvalue weighted by atomic mass is 10.1. The summed E-state index contributed by atoms with van der Waals surface area (Å²) in [4.78, 5) is 14.8. The van der Waals surface area contributed by atoms with Crippen LogP contribution in [0.5, 0.6) is 0 Å². The maximum absolute atomic E-state index is 12.4. The number of hydrogen-bond donors (Lipinski definition) is 2. The lowest BCUT2D eigenvalue weighted by Crippen LogP contribution is -2.36. The van der Waals surface area contributed by atoms with Gasteiger partial charge in [-0.15, -0.1) is 0 Å². The Morgan fingerprint density at radius 2 is 1.55 bits per heavy atom. The molecule has 5 heteroatoms. The highest BCUT2D eigenvalue weighted by Gasteiger charge is 2.37. The summed E-state index contributed by atoms with van der Waals surface area (Å²) in [5.41, 5.74) is 5.70. The molecule has 2 N–H and O–H groups in total. The fraction of sp³-hybridized carbons (Fsp3) is 0.321. The van der Waals surface area contributed by atoms with Crippen molar-refractivity contribution in [1.82, 2.24) is 10.6 Å². The van der Waals surface area contributed by atoms with Crippen LogP contribution in [-0.4, -0.2) is 38.3 Å². The standard InChI is InChI=1S/C28H31N3O2/c32-28(30-20-21-4-2-1-3-5-21)24-10-8-23(9-11-24)26-18-27(26)29-19-22-6-12-25(13-7-22)31-14-16-33-17-15-31/h1-13,26-27,29H,14-20H2,(H,30,32). The van der Waals surface area contributed by atoms with Gasteiger partial charge in [-0.3, -0.25) is 4.79 Å². The minimum absolute atomic E-state index is 0.0311. The molecule has 2 aliphatic rings. The maximum Gasteiger partial charge on any atom is 0.251 e. The zero-order valence-corrected chi connectivity index (χ0v) is 18.9. The molecule has 33 heavy (non-hydrogen) atoms. The summed E-state index contributed by atoms with van der Waals surface area (Å²) < 4.78 is 5.44. The monoisotopic (exact) mass is 441 g/mol. The third-order valence-electron chi connectivity index (χ3n) is 6.57. The molecule has 2 atom stereocenters. The minimum Gasteiger partial charge on any atom is -0.378 e. The average molecular weight is 442 g/mol. The molecule has 5 nitrogen and oxygen atoms in total. The van der Waals surface area contributed by atoms with Crippen molar-refractivity contribution in [3.05, 3.63) is 101 Å². The third-order valence-corrected chi connectivity index (χ3v) is 6.57. The predicted molar refractivity (Wildman–Crippen MR) is 132 cm³/mol. The van der Waals surface area contributed by atoms with Crippen molar-refractivity contribution in [1.29, 1.82) is 0 Å². The SMILES string of the molecule is O=C(NCc1ccccc1)c1ccc(C2CC2NCc2ccc(N3CCOCC3)cc2)cc1. The fourth-order valence-corrected chi connectivity index (χ4v) is 4.45. The molecule has 0 bridgehead atoms. The highest BCUT2D eigenvalue weighted by Crippen LogP contribution is 2.41. The predicted octanol–water partition coefficient (Wildman–Crippen LogP) is 4.10. The second-order valence-corrected chi connectivity index (χ2v) is 8.89. The van der Waals surface area contributed by atoms with E-state index in [1.165, 1.54) is 16.8 Å². The molecule has 1 saturated heterocycles. The number of nitrogens with one attached hydrogen (secondary N) is 2. The fourth-order valence-electron chi connectivity index (χ4n) is 4.45. The van der Waals surface area contributed by atoms with Crippen LogP contribution in [0.3, 0.4) is 0 Å². The molecule has 0 aromatic heterocycles.